The second-order valence-corrected chi connectivity index (χ2v) is 4.02. The Balaban J connectivity index is 2.04. The van der Waals surface area contributed by atoms with Crippen LogP contribution in [0.4, 0.5) is 0 Å². The number of hydrogen-bond acceptors (Lipinski definition) is 0. The standard InChI is InChI=1S/C14H18N/c1-2-3-4-5-7-12-8-6-9-13-10-11-15-14(12)13/h6,8-11,15H,1-5,7H2. The van der Waals surface area contributed by atoms with Gasteiger partial charge in [0.05, 0.1) is 0 Å². The molecule has 1 nitrogen and oxygen atoms in total. The molecule has 1 aromatic heterocycles. The van der Waals surface area contributed by atoms with E-state index >= 15 is 0 Å². The van der Waals surface area contributed by atoms with E-state index < -0.39 is 0 Å². The van der Waals surface area contributed by atoms with Crippen molar-refractivity contribution in [3.63, 3.8) is 0 Å². The molecule has 2 rings (SSSR count). The third-order valence-electron chi connectivity index (χ3n) is 2.87. The van der Waals surface area contributed by atoms with E-state index in [-0.39, 0.29) is 0 Å². The second-order valence-electron chi connectivity index (χ2n) is 4.02. The van der Waals surface area contributed by atoms with Crippen LogP contribution < -0.4 is 0 Å². The molecular formula is C14H18N. The molecule has 0 fully saturated rings. The van der Waals surface area contributed by atoms with E-state index in [2.05, 4.69) is 36.2 Å². The summed E-state index contributed by atoms with van der Waals surface area (Å²) < 4.78 is 0. The van der Waals surface area contributed by atoms with Gasteiger partial charge in [-0.2, -0.15) is 0 Å². The molecule has 0 unspecified atom stereocenters. The molecular weight excluding hydrogens is 182 g/mol. The SMILES string of the molecule is [CH2]CCCCCc1cccc2cc[nH]c12. The van der Waals surface area contributed by atoms with Crippen molar-refractivity contribution in [2.75, 3.05) is 0 Å². The molecule has 15 heavy (non-hydrogen) atoms. The molecule has 0 saturated heterocycles. The van der Waals surface area contributed by atoms with Crippen molar-refractivity contribution in [3.8, 4) is 0 Å². The summed E-state index contributed by atoms with van der Waals surface area (Å²) in [6, 6.07) is 8.66. The van der Waals surface area contributed by atoms with Crippen LogP contribution in [0.15, 0.2) is 30.5 Å². The summed E-state index contributed by atoms with van der Waals surface area (Å²) >= 11 is 0. The number of benzene rings is 1. The maximum absolute atomic E-state index is 3.87. The minimum absolute atomic E-state index is 1.06. The molecule has 0 aliphatic rings. The van der Waals surface area contributed by atoms with E-state index in [1.165, 1.54) is 42.1 Å². The summed E-state index contributed by atoms with van der Waals surface area (Å²) in [4.78, 5) is 3.32. The van der Waals surface area contributed by atoms with Gasteiger partial charge in [0.15, 0.2) is 0 Å². The van der Waals surface area contributed by atoms with Gasteiger partial charge in [-0.15, -0.1) is 0 Å². The summed E-state index contributed by atoms with van der Waals surface area (Å²) in [5.74, 6) is 0. The Labute approximate surface area is 91.5 Å². The molecule has 1 heteroatoms. The van der Waals surface area contributed by atoms with E-state index in [0.717, 1.165) is 6.42 Å². The monoisotopic (exact) mass is 200 g/mol. The maximum atomic E-state index is 3.87. The van der Waals surface area contributed by atoms with Crippen molar-refractivity contribution in [3.05, 3.63) is 42.9 Å². The summed E-state index contributed by atoms with van der Waals surface area (Å²) in [7, 11) is 0. The van der Waals surface area contributed by atoms with Crippen molar-refractivity contribution >= 4 is 10.9 Å². The third-order valence-corrected chi connectivity index (χ3v) is 2.87. The minimum atomic E-state index is 1.06. The normalized spacial score (nSPS) is 11.0. The number of para-hydroxylation sites is 1. The molecule has 79 valence electrons. The highest BCUT2D eigenvalue weighted by Crippen LogP contribution is 2.19. The zero-order chi connectivity index (χ0) is 10.5. The van der Waals surface area contributed by atoms with Gasteiger partial charge in [-0.3, -0.25) is 0 Å². The largest absolute Gasteiger partial charge is 0.361 e. The average molecular weight is 200 g/mol. The Hall–Kier alpha value is -1.24. The van der Waals surface area contributed by atoms with Crippen LogP contribution >= 0.6 is 0 Å². The van der Waals surface area contributed by atoms with Crippen LogP contribution in [0.25, 0.3) is 10.9 Å². The molecule has 1 aromatic carbocycles. The van der Waals surface area contributed by atoms with Gasteiger partial charge in [0.1, 0.15) is 0 Å². The van der Waals surface area contributed by atoms with Crippen molar-refractivity contribution in [2.24, 2.45) is 0 Å². The molecule has 0 aliphatic heterocycles. The van der Waals surface area contributed by atoms with Crippen LogP contribution in [-0.4, -0.2) is 4.98 Å². The van der Waals surface area contributed by atoms with Crippen LogP contribution in [0.5, 0.6) is 0 Å². The fourth-order valence-electron chi connectivity index (χ4n) is 2.03. The first-order valence-electron chi connectivity index (χ1n) is 5.76. The topological polar surface area (TPSA) is 15.8 Å². The number of H-pyrrole nitrogens is 1. The highest BCUT2D eigenvalue weighted by Gasteiger charge is 2.00. The molecule has 1 N–H and O–H groups in total. The van der Waals surface area contributed by atoms with Crippen LogP contribution in [-0.2, 0) is 6.42 Å². The molecule has 2 aromatic rings. The highest BCUT2D eigenvalue weighted by molar-refractivity contribution is 5.82. The lowest BCUT2D eigenvalue weighted by molar-refractivity contribution is 0.687. The first-order valence-corrected chi connectivity index (χ1v) is 5.76. The molecule has 0 atom stereocenters. The van der Waals surface area contributed by atoms with Gasteiger partial charge in [0, 0.05) is 11.7 Å². The molecule has 0 aliphatic carbocycles. The number of aryl methyl sites for hydroxylation is 1. The van der Waals surface area contributed by atoms with Crippen LogP contribution in [0.1, 0.15) is 31.2 Å². The number of rotatable bonds is 5. The Morgan fingerprint density at radius 3 is 2.87 bits per heavy atom. The number of aromatic amines is 1. The quantitative estimate of drug-likeness (QED) is 0.699. The fourth-order valence-corrected chi connectivity index (χ4v) is 2.03. The molecule has 1 radical (unpaired) electrons. The lowest BCUT2D eigenvalue weighted by Gasteiger charge is -2.02. The van der Waals surface area contributed by atoms with Gasteiger partial charge in [-0.1, -0.05) is 44.4 Å². The Bertz CT molecular complexity index is 414. The number of nitrogens with one attached hydrogen (secondary N) is 1. The molecule has 1 heterocycles. The zero-order valence-electron chi connectivity index (χ0n) is 9.13. The van der Waals surface area contributed by atoms with Gasteiger partial charge >= 0.3 is 0 Å². The maximum Gasteiger partial charge on any atom is 0.0486 e. The minimum Gasteiger partial charge on any atom is -0.361 e. The Morgan fingerprint density at radius 1 is 1.07 bits per heavy atom. The van der Waals surface area contributed by atoms with Gasteiger partial charge < -0.3 is 4.98 Å². The van der Waals surface area contributed by atoms with Gasteiger partial charge in [0.25, 0.3) is 0 Å². The van der Waals surface area contributed by atoms with Crippen molar-refractivity contribution in [1.29, 1.82) is 0 Å². The zero-order valence-corrected chi connectivity index (χ0v) is 9.13. The molecule has 0 spiro atoms. The number of hydrogen-bond donors (Lipinski definition) is 1. The van der Waals surface area contributed by atoms with Gasteiger partial charge in [-0.25, -0.2) is 0 Å². The summed E-state index contributed by atoms with van der Waals surface area (Å²) in [5.41, 5.74) is 2.76. The highest BCUT2D eigenvalue weighted by atomic mass is 14.7. The van der Waals surface area contributed by atoms with Crippen molar-refractivity contribution in [1.82, 2.24) is 4.98 Å². The van der Waals surface area contributed by atoms with Crippen LogP contribution in [0, 0.1) is 6.92 Å². The lowest BCUT2D eigenvalue weighted by Crippen LogP contribution is -1.87. The van der Waals surface area contributed by atoms with Gasteiger partial charge in [-0.05, 0) is 29.9 Å². The van der Waals surface area contributed by atoms with E-state index in [4.69, 9.17) is 0 Å². The Kier molecular flexibility index (Phi) is 3.44. The van der Waals surface area contributed by atoms with Crippen LogP contribution in [0.3, 0.4) is 0 Å². The number of fused-ring (bicyclic) bond motifs is 1. The van der Waals surface area contributed by atoms with Crippen LogP contribution in [0.2, 0.25) is 0 Å². The Morgan fingerprint density at radius 2 is 2.00 bits per heavy atom. The predicted octanol–water partition coefficient (Wildman–Crippen LogP) is 4.10. The molecule has 0 saturated carbocycles. The summed E-state index contributed by atoms with van der Waals surface area (Å²) in [5, 5.41) is 1.32. The second kappa shape index (κ2) is 5.01. The molecule has 0 bridgehead atoms. The first kappa shape index (κ1) is 10.3. The van der Waals surface area contributed by atoms with E-state index in [0.29, 0.717) is 0 Å². The van der Waals surface area contributed by atoms with Crippen molar-refractivity contribution in [2.45, 2.75) is 32.1 Å². The third kappa shape index (κ3) is 2.41. The molecule has 0 amide bonds. The fraction of sp³-hybridized carbons (Fsp3) is 0.357. The van der Waals surface area contributed by atoms with E-state index in [1.54, 1.807) is 0 Å². The lowest BCUT2D eigenvalue weighted by atomic mass is 10.0. The first-order chi connectivity index (χ1) is 7.42. The van der Waals surface area contributed by atoms with E-state index in [1.807, 2.05) is 6.20 Å². The number of aromatic nitrogens is 1. The predicted molar refractivity (Wildman–Crippen MR) is 65.8 cm³/mol. The number of unbranched alkanes of at least 4 members (excludes halogenated alkanes) is 3. The van der Waals surface area contributed by atoms with E-state index in [9.17, 15) is 0 Å². The summed E-state index contributed by atoms with van der Waals surface area (Å²) in [6.45, 7) is 3.87. The average Bonchev–Trinajstić information content (AvgIpc) is 2.73. The smallest absolute Gasteiger partial charge is 0.0486 e. The van der Waals surface area contributed by atoms with Gasteiger partial charge in [0.2, 0.25) is 0 Å². The summed E-state index contributed by atoms with van der Waals surface area (Å²) in [6.07, 6.45) is 8.07. The van der Waals surface area contributed by atoms with Crippen molar-refractivity contribution < 1.29 is 0 Å².